The Labute approximate surface area is 158 Å². The molecule has 26 heavy (non-hydrogen) atoms. The number of furan rings is 1. The molecule has 0 unspecified atom stereocenters. The third kappa shape index (κ3) is 7.14. The number of carbonyl (C=O) groups is 1. The maximum atomic E-state index is 11.8. The SMILES string of the molecule is CN(C)C(=O)CN=C(NCCc1ccc(Cl)nc1)NCCc1ccco1. The maximum Gasteiger partial charge on any atom is 0.243 e. The van der Waals surface area contributed by atoms with E-state index in [9.17, 15) is 4.79 Å². The fourth-order valence-corrected chi connectivity index (χ4v) is 2.21. The lowest BCUT2D eigenvalue weighted by Gasteiger charge is -2.13. The fraction of sp³-hybridized carbons (Fsp3) is 0.389. The number of guanidine groups is 1. The first kappa shape index (κ1) is 19.8. The van der Waals surface area contributed by atoms with Crippen LogP contribution in [0.3, 0.4) is 0 Å². The van der Waals surface area contributed by atoms with Gasteiger partial charge in [0.1, 0.15) is 17.5 Å². The van der Waals surface area contributed by atoms with Gasteiger partial charge in [-0.25, -0.2) is 9.98 Å². The molecule has 140 valence electrons. The van der Waals surface area contributed by atoms with Crippen LogP contribution >= 0.6 is 11.6 Å². The smallest absolute Gasteiger partial charge is 0.243 e. The number of aliphatic imine (C=N–C) groups is 1. The number of pyridine rings is 1. The Morgan fingerprint density at radius 2 is 2.00 bits per heavy atom. The first-order valence-electron chi connectivity index (χ1n) is 8.40. The summed E-state index contributed by atoms with van der Waals surface area (Å²) in [4.78, 5) is 21.7. The molecule has 2 aromatic rings. The van der Waals surface area contributed by atoms with Gasteiger partial charge in [0.05, 0.1) is 6.26 Å². The highest BCUT2D eigenvalue weighted by Crippen LogP contribution is 2.05. The van der Waals surface area contributed by atoms with E-state index < -0.39 is 0 Å². The zero-order valence-electron chi connectivity index (χ0n) is 15.0. The number of likely N-dealkylation sites (N-methyl/N-ethyl adjacent to an activating group) is 1. The van der Waals surface area contributed by atoms with Crippen LogP contribution in [0.2, 0.25) is 5.15 Å². The van der Waals surface area contributed by atoms with Crippen molar-refractivity contribution in [3.63, 3.8) is 0 Å². The molecule has 0 fully saturated rings. The van der Waals surface area contributed by atoms with Gasteiger partial charge in [-0.3, -0.25) is 4.79 Å². The lowest BCUT2D eigenvalue weighted by Crippen LogP contribution is -2.40. The van der Waals surface area contributed by atoms with E-state index in [0.717, 1.165) is 24.2 Å². The highest BCUT2D eigenvalue weighted by Gasteiger charge is 2.05. The van der Waals surface area contributed by atoms with Gasteiger partial charge in [-0.2, -0.15) is 0 Å². The van der Waals surface area contributed by atoms with Crippen molar-refractivity contribution in [3.8, 4) is 0 Å². The quantitative estimate of drug-likeness (QED) is 0.416. The lowest BCUT2D eigenvalue weighted by atomic mass is 10.2. The molecular formula is C18H24ClN5O2. The Hall–Kier alpha value is -2.54. The van der Waals surface area contributed by atoms with Crippen LogP contribution in [0.25, 0.3) is 0 Å². The summed E-state index contributed by atoms with van der Waals surface area (Å²) in [5.41, 5.74) is 1.07. The molecular weight excluding hydrogens is 354 g/mol. The first-order valence-corrected chi connectivity index (χ1v) is 8.77. The van der Waals surface area contributed by atoms with Gasteiger partial charge in [0.2, 0.25) is 5.91 Å². The molecule has 2 heterocycles. The van der Waals surface area contributed by atoms with Crippen molar-refractivity contribution in [2.45, 2.75) is 12.8 Å². The fourth-order valence-electron chi connectivity index (χ4n) is 2.10. The topological polar surface area (TPSA) is 82.8 Å². The second kappa shape index (κ2) is 10.5. The average Bonchev–Trinajstić information content (AvgIpc) is 3.14. The molecule has 2 rings (SSSR count). The largest absolute Gasteiger partial charge is 0.469 e. The van der Waals surface area contributed by atoms with Crippen molar-refractivity contribution >= 4 is 23.5 Å². The summed E-state index contributed by atoms with van der Waals surface area (Å²) in [5, 5.41) is 6.93. The van der Waals surface area contributed by atoms with Crippen molar-refractivity contribution in [3.05, 3.63) is 53.2 Å². The zero-order chi connectivity index (χ0) is 18.8. The number of halogens is 1. The number of amides is 1. The van der Waals surface area contributed by atoms with E-state index in [1.807, 2.05) is 18.2 Å². The van der Waals surface area contributed by atoms with Crippen LogP contribution in [0, 0.1) is 0 Å². The Morgan fingerprint density at radius 3 is 2.62 bits per heavy atom. The van der Waals surface area contributed by atoms with E-state index in [2.05, 4.69) is 20.6 Å². The Kier molecular flexibility index (Phi) is 7.95. The zero-order valence-corrected chi connectivity index (χ0v) is 15.8. The van der Waals surface area contributed by atoms with Crippen LogP contribution in [0.15, 0.2) is 46.1 Å². The molecule has 0 radical (unpaired) electrons. The summed E-state index contributed by atoms with van der Waals surface area (Å²) in [6.07, 6.45) is 4.90. The Balaban J connectivity index is 1.85. The maximum absolute atomic E-state index is 11.8. The summed E-state index contributed by atoms with van der Waals surface area (Å²) >= 11 is 5.79. The third-order valence-electron chi connectivity index (χ3n) is 3.61. The second-order valence-corrected chi connectivity index (χ2v) is 6.26. The first-order chi connectivity index (χ1) is 12.5. The number of hydrogen-bond donors (Lipinski definition) is 2. The van der Waals surface area contributed by atoms with Crippen LogP contribution in [-0.4, -0.2) is 55.5 Å². The predicted octanol–water partition coefficient (Wildman–Crippen LogP) is 1.74. The van der Waals surface area contributed by atoms with Crippen LogP contribution in [0.5, 0.6) is 0 Å². The molecule has 1 amide bonds. The van der Waals surface area contributed by atoms with Crippen molar-refractivity contribution in [1.29, 1.82) is 0 Å². The van der Waals surface area contributed by atoms with E-state index in [4.69, 9.17) is 16.0 Å². The van der Waals surface area contributed by atoms with E-state index in [-0.39, 0.29) is 12.5 Å². The summed E-state index contributed by atoms with van der Waals surface area (Å²) in [5.74, 6) is 1.43. The molecule has 0 saturated carbocycles. The Morgan fingerprint density at radius 1 is 1.23 bits per heavy atom. The minimum Gasteiger partial charge on any atom is -0.469 e. The minimum absolute atomic E-state index is 0.0564. The molecule has 0 bridgehead atoms. The van der Waals surface area contributed by atoms with Gasteiger partial charge in [-0.05, 0) is 30.2 Å². The normalized spacial score (nSPS) is 11.3. The minimum atomic E-state index is -0.0564. The van der Waals surface area contributed by atoms with Crippen LogP contribution in [-0.2, 0) is 17.6 Å². The van der Waals surface area contributed by atoms with Crippen LogP contribution < -0.4 is 10.6 Å². The summed E-state index contributed by atoms with van der Waals surface area (Å²) in [7, 11) is 3.42. The number of nitrogens with one attached hydrogen (secondary N) is 2. The lowest BCUT2D eigenvalue weighted by molar-refractivity contribution is -0.127. The molecule has 2 aromatic heterocycles. The monoisotopic (exact) mass is 377 g/mol. The molecule has 2 N–H and O–H groups in total. The van der Waals surface area contributed by atoms with Gasteiger partial charge in [-0.15, -0.1) is 0 Å². The third-order valence-corrected chi connectivity index (χ3v) is 3.83. The molecule has 0 atom stereocenters. The summed E-state index contributed by atoms with van der Waals surface area (Å²) < 4.78 is 5.31. The van der Waals surface area contributed by atoms with Crippen molar-refractivity contribution in [2.24, 2.45) is 4.99 Å². The molecule has 7 nitrogen and oxygen atoms in total. The highest BCUT2D eigenvalue weighted by atomic mass is 35.5. The predicted molar refractivity (Wildman–Crippen MR) is 102 cm³/mol. The Bertz CT molecular complexity index is 699. The van der Waals surface area contributed by atoms with Gasteiger partial charge in [0.15, 0.2) is 5.96 Å². The molecule has 0 spiro atoms. The van der Waals surface area contributed by atoms with Gasteiger partial charge in [0, 0.05) is 39.8 Å². The van der Waals surface area contributed by atoms with Crippen LogP contribution in [0.1, 0.15) is 11.3 Å². The number of hydrogen-bond acceptors (Lipinski definition) is 4. The molecule has 0 saturated heterocycles. The van der Waals surface area contributed by atoms with Crippen molar-refractivity contribution < 1.29 is 9.21 Å². The summed E-state index contributed by atoms with van der Waals surface area (Å²) in [6.45, 7) is 1.40. The van der Waals surface area contributed by atoms with E-state index in [1.165, 1.54) is 4.90 Å². The van der Waals surface area contributed by atoms with Gasteiger partial charge >= 0.3 is 0 Å². The molecule has 0 aliphatic carbocycles. The summed E-state index contributed by atoms with van der Waals surface area (Å²) in [6, 6.07) is 7.49. The van der Waals surface area contributed by atoms with Gasteiger partial charge in [0.25, 0.3) is 0 Å². The van der Waals surface area contributed by atoms with Crippen LogP contribution in [0.4, 0.5) is 0 Å². The second-order valence-electron chi connectivity index (χ2n) is 5.88. The van der Waals surface area contributed by atoms with Gasteiger partial charge in [-0.1, -0.05) is 17.7 Å². The van der Waals surface area contributed by atoms with Gasteiger partial charge < -0.3 is 20.0 Å². The molecule has 8 heteroatoms. The highest BCUT2D eigenvalue weighted by molar-refractivity contribution is 6.29. The molecule has 0 aliphatic rings. The van der Waals surface area contributed by atoms with E-state index in [0.29, 0.717) is 24.2 Å². The number of nitrogens with zero attached hydrogens (tertiary/aromatic N) is 3. The molecule has 0 aliphatic heterocycles. The number of aromatic nitrogens is 1. The number of rotatable bonds is 8. The van der Waals surface area contributed by atoms with E-state index in [1.54, 1.807) is 32.6 Å². The van der Waals surface area contributed by atoms with Crippen molar-refractivity contribution in [1.82, 2.24) is 20.5 Å². The average molecular weight is 378 g/mol. The van der Waals surface area contributed by atoms with Crippen molar-refractivity contribution in [2.75, 3.05) is 33.7 Å². The standard InChI is InChI=1S/C18H24ClN5O2/c1-24(2)17(25)13-23-18(21-10-8-15-4-3-11-26-15)20-9-7-14-5-6-16(19)22-12-14/h3-6,11-12H,7-10,13H2,1-2H3,(H2,20,21,23). The number of carbonyl (C=O) groups excluding carboxylic acids is 1. The van der Waals surface area contributed by atoms with E-state index >= 15 is 0 Å². The molecule has 0 aromatic carbocycles.